The quantitative estimate of drug-likeness (QED) is 0.458. The van der Waals surface area contributed by atoms with E-state index >= 15 is 0 Å². The van der Waals surface area contributed by atoms with Gasteiger partial charge in [0.15, 0.2) is 16.4 Å². The Hall–Kier alpha value is -3.26. The summed E-state index contributed by atoms with van der Waals surface area (Å²) in [6.07, 6.45) is 1.08. The number of nitrogens with zero attached hydrogens (tertiary/aromatic N) is 2. The zero-order chi connectivity index (χ0) is 25.2. The molecule has 184 valence electrons. The second-order valence-corrected chi connectivity index (χ2v) is 11.3. The van der Waals surface area contributed by atoms with E-state index in [9.17, 15) is 18.0 Å². The molecule has 4 rings (SSSR count). The van der Waals surface area contributed by atoms with Crippen LogP contribution in [-0.2, 0) is 19.4 Å². The Bertz CT molecular complexity index is 1350. The first-order valence-corrected chi connectivity index (χ1v) is 13.7. The highest BCUT2D eigenvalue weighted by atomic mass is 32.2. The zero-order valence-corrected chi connectivity index (χ0v) is 21.0. The molecule has 3 aromatic rings. The van der Waals surface area contributed by atoms with Crippen molar-refractivity contribution in [1.29, 1.82) is 0 Å². The number of hydrogen-bond donors (Lipinski definition) is 0. The Morgan fingerprint density at radius 3 is 2.46 bits per heavy atom. The normalized spacial score (nSPS) is 17.7. The zero-order valence-electron chi connectivity index (χ0n) is 20.2. The Labute approximate surface area is 206 Å². The number of carbonyl (C=O) groups is 2. The Morgan fingerprint density at radius 2 is 1.80 bits per heavy atom. The van der Waals surface area contributed by atoms with Gasteiger partial charge in [-0.1, -0.05) is 55.5 Å². The molecule has 35 heavy (non-hydrogen) atoms. The molecule has 1 fully saturated rings. The Morgan fingerprint density at radius 1 is 1.11 bits per heavy atom. The van der Waals surface area contributed by atoms with Crippen LogP contribution in [0.2, 0.25) is 0 Å². The number of hydrogen-bond acceptors (Lipinski definition) is 6. The average molecular weight is 495 g/mol. The molecule has 0 unspecified atom stereocenters. The van der Waals surface area contributed by atoms with Crippen LogP contribution in [0.25, 0.3) is 22.2 Å². The van der Waals surface area contributed by atoms with Crippen LogP contribution in [-0.4, -0.2) is 60.4 Å². The van der Waals surface area contributed by atoms with E-state index in [1.807, 2.05) is 75.4 Å². The number of ether oxygens (including phenoxy) is 1. The fourth-order valence-electron chi connectivity index (χ4n) is 4.72. The van der Waals surface area contributed by atoms with Gasteiger partial charge in [0.2, 0.25) is 0 Å². The molecule has 0 N–H and O–H groups in total. The fourth-order valence-corrected chi connectivity index (χ4v) is 6.43. The van der Waals surface area contributed by atoms with Gasteiger partial charge in [-0.05, 0) is 38.3 Å². The van der Waals surface area contributed by atoms with Gasteiger partial charge in [-0.15, -0.1) is 0 Å². The number of benzene rings is 2. The SMILES string of the molecule is CC[C@@H](C)N(C(=O)COC(=O)c1c(C)c(-c2ccccc2)nc2ccccc12)[C@H]1CCS(=O)(=O)C1. The van der Waals surface area contributed by atoms with Crippen LogP contribution in [0, 0.1) is 6.92 Å². The highest BCUT2D eigenvalue weighted by Crippen LogP contribution is 2.30. The third kappa shape index (κ3) is 5.22. The van der Waals surface area contributed by atoms with Crippen LogP contribution in [0.15, 0.2) is 54.6 Å². The molecule has 1 amide bonds. The van der Waals surface area contributed by atoms with E-state index in [-0.39, 0.29) is 23.5 Å². The van der Waals surface area contributed by atoms with E-state index < -0.39 is 28.5 Å². The number of aromatic nitrogens is 1. The number of rotatable bonds is 7. The van der Waals surface area contributed by atoms with Gasteiger partial charge in [0.25, 0.3) is 5.91 Å². The maximum atomic E-state index is 13.3. The molecule has 0 aliphatic carbocycles. The van der Waals surface area contributed by atoms with Crippen molar-refractivity contribution in [3.05, 3.63) is 65.7 Å². The molecule has 0 spiro atoms. The lowest BCUT2D eigenvalue weighted by molar-refractivity contribution is -0.138. The predicted octanol–water partition coefficient (Wildman–Crippen LogP) is 4.18. The summed E-state index contributed by atoms with van der Waals surface area (Å²) in [5.41, 5.74) is 3.27. The second kappa shape index (κ2) is 10.2. The van der Waals surface area contributed by atoms with Crippen LogP contribution in [0.1, 0.15) is 42.6 Å². The van der Waals surface area contributed by atoms with Crippen LogP contribution in [0.5, 0.6) is 0 Å². The molecule has 0 radical (unpaired) electrons. The number of para-hydroxylation sites is 1. The van der Waals surface area contributed by atoms with Crippen molar-refractivity contribution in [1.82, 2.24) is 9.88 Å². The van der Waals surface area contributed by atoms with Crippen molar-refractivity contribution in [2.75, 3.05) is 18.1 Å². The number of carbonyl (C=O) groups excluding carboxylic acids is 2. The minimum absolute atomic E-state index is 0.0500. The summed E-state index contributed by atoms with van der Waals surface area (Å²) in [5, 5.41) is 0.655. The summed E-state index contributed by atoms with van der Waals surface area (Å²) in [7, 11) is -3.16. The van der Waals surface area contributed by atoms with E-state index in [4.69, 9.17) is 9.72 Å². The summed E-state index contributed by atoms with van der Waals surface area (Å²) < 4.78 is 29.6. The third-order valence-corrected chi connectivity index (χ3v) is 8.42. The molecule has 2 aromatic carbocycles. The van der Waals surface area contributed by atoms with Gasteiger partial charge < -0.3 is 9.64 Å². The van der Waals surface area contributed by atoms with E-state index in [2.05, 4.69) is 0 Å². The van der Waals surface area contributed by atoms with Gasteiger partial charge in [0, 0.05) is 23.0 Å². The van der Waals surface area contributed by atoms with Crippen molar-refractivity contribution in [2.24, 2.45) is 0 Å². The van der Waals surface area contributed by atoms with Gasteiger partial charge >= 0.3 is 5.97 Å². The van der Waals surface area contributed by atoms with E-state index in [0.717, 1.165) is 5.56 Å². The number of amides is 1. The van der Waals surface area contributed by atoms with E-state index in [0.29, 0.717) is 40.6 Å². The molecule has 7 nitrogen and oxygen atoms in total. The summed E-state index contributed by atoms with van der Waals surface area (Å²) in [5.74, 6) is -0.961. The molecule has 8 heteroatoms. The number of sulfone groups is 1. The first kappa shape index (κ1) is 24.9. The van der Waals surface area contributed by atoms with Crippen molar-refractivity contribution >= 4 is 32.6 Å². The summed E-state index contributed by atoms with van der Waals surface area (Å²) in [4.78, 5) is 32.9. The number of esters is 1. The smallest absolute Gasteiger partial charge is 0.339 e. The third-order valence-electron chi connectivity index (χ3n) is 6.67. The fraction of sp³-hybridized carbons (Fsp3) is 0.370. The highest BCUT2D eigenvalue weighted by molar-refractivity contribution is 7.91. The molecular weight excluding hydrogens is 464 g/mol. The molecule has 0 bridgehead atoms. The highest BCUT2D eigenvalue weighted by Gasteiger charge is 2.37. The lowest BCUT2D eigenvalue weighted by atomic mass is 9.98. The van der Waals surface area contributed by atoms with Crippen molar-refractivity contribution in [2.45, 2.75) is 45.7 Å². The molecule has 2 heterocycles. The maximum Gasteiger partial charge on any atom is 0.339 e. The first-order chi connectivity index (χ1) is 16.7. The maximum absolute atomic E-state index is 13.3. The van der Waals surface area contributed by atoms with Crippen LogP contribution >= 0.6 is 0 Å². The Kier molecular flexibility index (Phi) is 7.21. The van der Waals surface area contributed by atoms with Crippen molar-refractivity contribution in [3.8, 4) is 11.3 Å². The topological polar surface area (TPSA) is 93.6 Å². The van der Waals surface area contributed by atoms with Crippen LogP contribution in [0.3, 0.4) is 0 Å². The molecular formula is C27H30N2O5S. The van der Waals surface area contributed by atoms with Gasteiger partial charge in [0.05, 0.1) is 28.3 Å². The van der Waals surface area contributed by atoms with Gasteiger partial charge in [-0.3, -0.25) is 4.79 Å². The molecule has 2 atom stereocenters. The second-order valence-electron chi connectivity index (χ2n) is 9.03. The largest absolute Gasteiger partial charge is 0.452 e. The molecule has 1 aliphatic heterocycles. The minimum atomic E-state index is -3.16. The van der Waals surface area contributed by atoms with E-state index in [1.165, 1.54) is 0 Å². The van der Waals surface area contributed by atoms with Crippen LogP contribution < -0.4 is 0 Å². The predicted molar refractivity (Wildman–Crippen MR) is 136 cm³/mol. The lowest BCUT2D eigenvalue weighted by Gasteiger charge is -2.33. The molecule has 1 saturated heterocycles. The van der Waals surface area contributed by atoms with Gasteiger partial charge in [-0.2, -0.15) is 0 Å². The first-order valence-electron chi connectivity index (χ1n) is 11.8. The lowest BCUT2D eigenvalue weighted by Crippen LogP contribution is -2.48. The number of pyridine rings is 1. The minimum Gasteiger partial charge on any atom is -0.452 e. The van der Waals surface area contributed by atoms with Crippen molar-refractivity contribution < 1.29 is 22.7 Å². The Balaban J connectivity index is 1.62. The molecule has 1 aromatic heterocycles. The number of fused-ring (bicyclic) bond motifs is 1. The molecule has 1 aliphatic rings. The van der Waals surface area contributed by atoms with E-state index in [1.54, 1.807) is 4.90 Å². The monoisotopic (exact) mass is 494 g/mol. The van der Waals surface area contributed by atoms with Crippen molar-refractivity contribution in [3.63, 3.8) is 0 Å². The molecule has 0 saturated carbocycles. The van der Waals surface area contributed by atoms with Gasteiger partial charge in [0.1, 0.15) is 0 Å². The summed E-state index contributed by atoms with van der Waals surface area (Å²) in [6, 6.07) is 16.4. The average Bonchev–Trinajstić information content (AvgIpc) is 3.21. The van der Waals surface area contributed by atoms with Crippen LogP contribution in [0.4, 0.5) is 0 Å². The standard InChI is InChI=1S/C27H30N2O5S/c1-4-18(2)29(21-14-15-35(32,33)17-21)24(30)16-34-27(31)25-19(3)26(20-10-6-5-7-11-20)28-23-13-9-8-12-22(23)25/h5-13,18,21H,4,14-17H2,1-3H3/t18-,21+/m1/s1. The summed E-state index contributed by atoms with van der Waals surface area (Å²) in [6.45, 7) is 5.21. The summed E-state index contributed by atoms with van der Waals surface area (Å²) >= 11 is 0. The van der Waals surface area contributed by atoms with Gasteiger partial charge in [-0.25, -0.2) is 18.2 Å².